The van der Waals surface area contributed by atoms with Crippen LogP contribution in [0.5, 0.6) is 0 Å². The van der Waals surface area contributed by atoms with Crippen LogP contribution in [0, 0.1) is 5.41 Å². The zero-order valence-electron chi connectivity index (χ0n) is 7.68. The lowest BCUT2D eigenvalue weighted by Gasteiger charge is -2.40. The van der Waals surface area contributed by atoms with E-state index < -0.39 is 0 Å². The van der Waals surface area contributed by atoms with Gasteiger partial charge in [-0.2, -0.15) is 0 Å². The van der Waals surface area contributed by atoms with Crippen molar-refractivity contribution in [3.05, 3.63) is 0 Å². The second kappa shape index (κ2) is 3.35. The third-order valence-electron chi connectivity index (χ3n) is 3.91. The van der Waals surface area contributed by atoms with E-state index in [4.69, 9.17) is 5.21 Å². The maximum Gasteiger partial charge on any atom is 0.0376 e. The second-order valence-corrected chi connectivity index (χ2v) is 4.50. The SMILES string of the molecule is ONC1CCCCC12CCCC2. The maximum absolute atomic E-state index is 9.07. The first-order valence-electron chi connectivity index (χ1n) is 5.27. The third kappa shape index (κ3) is 1.27. The highest BCUT2D eigenvalue weighted by molar-refractivity contribution is 4.95. The fourth-order valence-electron chi connectivity index (χ4n) is 3.19. The molecule has 0 radical (unpaired) electrons. The van der Waals surface area contributed by atoms with Gasteiger partial charge in [-0.3, -0.25) is 0 Å². The zero-order chi connectivity index (χ0) is 8.44. The van der Waals surface area contributed by atoms with Crippen LogP contribution in [0.25, 0.3) is 0 Å². The average Bonchev–Trinajstić information content (AvgIpc) is 2.55. The smallest absolute Gasteiger partial charge is 0.0376 e. The Morgan fingerprint density at radius 2 is 1.58 bits per heavy atom. The van der Waals surface area contributed by atoms with E-state index >= 15 is 0 Å². The summed E-state index contributed by atoms with van der Waals surface area (Å²) >= 11 is 0. The highest BCUT2D eigenvalue weighted by Gasteiger charge is 2.42. The van der Waals surface area contributed by atoms with Crippen molar-refractivity contribution in [2.45, 2.75) is 57.4 Å². The molecule has 0 aromatic heterocycles. The molecule has 2 nitrogen and oxygen atoms in total. The molecule has 2 rings (SSSR count). The topological polar surface area (TPSA) is 32.3 Å². The van der Waals surface area contributed by atoms with Crippen molar-refractivity contribution in [1.29, 1.82) is 0 Å². The normalized spacial score (nSPS) is 34.2. The lowest BCUT2D eigenvalue weighted by molar-refractivity contribution is 0.0218. The third-order valence-corrected chi connectivity index (χ3v) is 3.91. The molecule has 1 unspecified atom stereocenters. The van der Waals surface area contributed by atoms with Crippen molar-refractivity contribution >= 4 is 0 Å². The van der Waals surface area contributed by atoms with Gasteiger partial charge in [-0.15, -0.1) is 0 Å². The molecule has 0 aromatic rings. The molecule has 0 amide bonds. The van der Waals surface area contributed by atoms with Gasteiger partial charge in [0.1, 0.15) is 0 Å². The standard InChI is InChI=1S/C10H19NO/c12-11-9-5-1-2-6-10(9)7-3-4-8-10/h9,11-12H,1-8H2. The quantitative estimate of drug-likeness (QED) is 0.591. The van der Waals surface area contributed by atoms with Gasteiger partial charge >= 0.3 is 0 Å². The van der Waals surface area contributed by atoms with E-state index in [1.54, 1.807) is 0 Å². The van der Waals surface area contributed by atoms with Gasteiger partial charge in [-0.1, -0.05) is 25.7 Å². The van der Waals surface area contributed by atoms with Crippen LogP contribution in [0.15, 0.2) is 0 Å². The van der Waals surface area contributed by atoms with Crippen LogP contribution in [-0.4, -0.2) is 11.2 Å². The number of rotatable bonds is 1. The predicted molar refractivity (Wildman–Crippen MR) is 48.1 cm³/mol. The molecule has 12 heavy (non-hydrogen) atoms. The predicted octanol–water partition coefficient (Wildman–Crippen LogP) is 2.47. The van der Waals surface area contributed by atoms with Crippen molar-refractivity contribution in [2.24, 2.45) is 5.41 Å². The lowest BCUT2D eigenvalue weighted by Crippen LogP contribution is -2.44. The van der Waals surface area contributed by atoms with Gasteiger partial charge < -0.3 is 5.21 Å². The van der Waals surface area contributed by atoms with Crippen LogP contribution in [0.2, 0.25) is 0 Å². The molecule has 0 bridgehead atoms. The van der Waals surface area contributed by atoms with Crippen LogP contribution >= 0.6 is 0 Å². The van der Waals surface area contributed by atoms with Crippen molar-refractivity contribution in [1.82, 2.24) is 5.48 Å². The maximum atomic E-state index is 9.07. The van der Waals surface area contributed by atoms with E-state index in [9.17, 15) is 0 Å². The Hall–Kier alpha value is -0.0800. The van der Waals surface area contributed by atoms with Gasteiger partial charge in [0.2, 0.25) is 0 Å². The molecule has 0 aliphatic heterocycles. The number of hydrogen-bond acceptors (Lipinski definition) is 2. The molecule has 2 saturated carbocycles. The molecule has 2 fully saturated rings. The molecule has 0 heterocycles. The van der Waals surface area contributed by atoms with Crippen LogP contribution in [0.4, 0.5) is 0 Å². The molecular weight excluding hydrogens is 150 g/mol. The molecule has 0 aromatic carbocycles. The Bertz CT molecular complexity index is 152. The summed E-state index contributed by atoms with van der Waals surface area (Å²) in [6.45, 7) is 0. The first-order valence-corrected chi connectivity index (χ1v) is 5.27. The van der Waals surface area contributed by atoms with E-state index in [0.29, 0.717) is 11.5 Å². The van der Waals surface area contributed by atoms with Crippen LogP contribution in [0.3, 0.4) is 0 Å². The van der Waals surface area contributed by atoms with E-state index in [2.05, 4.69) is 5.48 Å². The lowest BCUT2D eigenvalue weighted by atomic mass is 9.69. The summed E-state index contributed by atoms with van der Waals surface area (Å²) in [5, 5.41) is 9.07. The van der Waals surface area contributed by atoms with Gasteiger partial charge in [0.25, 0.3) is 0 Å². The van der Waals surface area contributed by atoms with Crippen molar-refractivity contribution in [3.63, 3.8) is 0 Å². The Balaban J connectivity index is 2.07. The zero-order valence-corrected chi connectivity index (χ0v) is 7.68. The molecule has 70 valence electrons. The first kappa shape index (κ1) is 8.52. The Morgan fingerprint density at radius 1 is 1.00 bits per heavy atom. The fraction of sp³-hybridized carbons (Fsp3) is 1.00. The minimum atomic E-state index is 0.397. The van der Waals surface area contributed by atoms with Crippen molar-refractivity contribution in [2.75, 3.05) is 0 Å². The number of nitrogens with one attached hydrogen (secondary N) is 1. The van der Waals surface area contributed by atoms with E-state index in [1.807, 2.05) is 0 Å². The Morgan fingerprint density at radius 3 is 2.17 bits per heavy atom. The summed E-state index contributed by atoms with van der Waals surface area (Å²) in [7, 11) is 0. The number of hydrogen-bond donors (Lipinski definition) is 2. The summed E-state index contributed by atoms with van der Waals surface area (Å²) in [4.78, 5) is 0. The summed E-state index contributed by atoms with van der Waals surface area (Å²) in [5.74, 6) is 0. The Labute approximate surface area is 74.3 Å². The molecule has 2 aliphatic carbocycles. The van der Waals surface area contributed by atoms with Crippen LogP contribution in [0.1, 0.15) is 51.4 Å². The Kier molecular flexibility index (Phi) is 2.37. The molecule has 1 spiro atoms. The monoisotopic (exact) mass is 169 g/mol. The van der Waals surface area contributed by atoms with E-state index in [1.165, 1.54) is 51.4 Å². The average molecular weight is 169 g/mol. The summed E-state index contributed by atoms with van der Waals surface area (Å²) < 4.78 is 0. The summed E-state index contributed by atoms with van der Waals surface area (Å²) in [5.41, 5.74) is 3.02. The molecule has 1 atom stereocenters. The van der Waals surface area contributed by atoms with Gasteiger partial charge in [0.15, 0.2) is 0 Å². The minimum absolute atomic E-state index is 0.397. The number of hydroxylamine groups is 1. The van der Waals surface area contributed by atoms with Crippen molar-refractivity contribution < 1.29 is 5.21 Å². The largest absolute Gasteiger partial charge is 0.317 e. The van der Waals surface area contributed by atoms with Gasteiger partial charge in [-0.05, 0) is 31.1 Å². The van der Waals surface area contributed by atoms with Gasteiger partial charge in [0.05, 0.1) is 0 Å². The van der Waals surface area contributed by atoms with E-state index in [0.717, 1.165) is 0 Å². The van der Waals surface area contributed by atoms with Crippen LogP contribution in [-0.2, 0) is 0 Å². The highest BCUT2D eigenvalue weighted by atomic mass is 16.5. The minimum Gasteiger partial charge on any atom is -0.317 e. The van der Waals surface area contributed by atoms with Gasteiger partial charge in [-0.25, -0.2) is 5.48 Å². The van der Waals surface area contributed by atoms with Crippen LogP contribution < -0.4 is 5.48 Å². The second-order valence-electron chi connectivity index (χ2n) is 4.50. The van der Waals surface area contributed by atoms with Gasteiger partial charge in [0, 0.05) is 6.04 Å². The summed E-state index contributed by atoms with van der Waals surface area (Å²) in [6.07, 6.45) is 10.6. The fourth-order valence-corrected chi connectivity index (χ4v) is 3.19. The molecular formula is C10H19NO. The summed E-state index contributed by atoms with van der Waals surface area (Å²) in [6, 6.07) is 0.397. The molecule has 2 aliphatic rings. The first-order chi connectivity index (χ1) is 5.87. The highest BCUT2D eigenvalue weighted by Crippen LogP contribution is 2.48. The van der Waals surface area contributed by atoms with E-state index in [-0.39, 0.29) is 0 Å². The van der Waals surface area contributed by atoms with Crippen molar-refractivity contribution in [3.8, 4) is 0 Å². The molecule has 0 saturated heterocycles. The molecule has 2 heteroatoms. The molecule has 2 N–H and O–H groups in total.